The molecule has 35 heavy (non-hydrogen) atoms. The first-order chi connectivity index (χ1) is 17.0. The van der Waals surface area contributed by atoms with E-state index in [0.29, 0.717) is 37.3 Å². The van der Waals surface area contributed by atoms with Gasteiger partial charge < -0.3 is 4.90 Å². The number of nitrogens with zero attached hydrogens (tertiary/aromatic N) is 4. The second-order valence-electron chi connectivity index (χ2n) is 8.69. The van der Waals surface area contributed by atoms with Crippen LogP contribution in [0.4, 0.5) is 5.82 Å². The van der Waals surface area contributed by atoms with Crippen LogP contribution < -0.4 is 10.5 Å². The molecule has 3 aromatic rings. The Morgan fingerprint density at radius 3 is 2.77 bits per heavy atom. The van der Waals surface area contributed by atoms with Gasteiger partial charge in [0, 0.05) is 23.8 Å². The molecule has 2 aromatic heterocycles. The largest absolute Gasteiger partial charge is 0.353 e. The van der Waals surface area contributed by atoms with Gasteiger partial charge in [-0.2, -0.15) is 0 Å². The zero-order valence-electron chi connectivity index (χ0n) is 19.3. The number of hydrogen-bond donors (Lipinski definition) is 0. The maximum absolute atomic E-state index is 13.6. The Bertz CT molecular complexity index is 1400. The summed E-state index contributed by atoms with van der Waals surface area (Å²) in [6, 6.07) is 13.2. The number of thiocarbonyl (C=S) groups is 1. The first-order valence-corrected chi connectivity index (χ1v) is 13.3. The highest BCUT2D eigenvalue weighted by Gasteiger charge is 2.34. The molecule has 1 atom stereocenters. The number of thioether (sulfide) groups is 1. The third-order valence-electron chi connectivity index (χ3n) is 6.55. The number of halogens is 1. The Labute approximate surface area is 218 Å². The Balaban J connectivity index is 1.58. The van der Waals surface area contributed by atoms with Crippen LogP contribution in [-0.2, 0) is 11.3 Å². The number of benzene rings is 1. The highest BCUT2D eigenvalue weighted by Crippen LogP contribution is 2.36. The lowest BCUT2D eigenvalue weighted by Gasteiger charge is -2.37. The van der Waals surface area contributed by atoms with E-state index in [1.165, 1.54) is 21.1 Å². The van der Waals surface area contributed by atoms with Crippen molar-refractivity contribution in [1.82, 2.24) is 14.3 Å². The molecule has 2 aliphatic rings. The van der Waals surface area contributed by atoms with E-state index in [9.17, 15) is 9.59 Å². The number of anilines is 1. The highest BCUT2D eigenvalue weighted by molar-refractivity contribution is 8.26. The molecule has 5 rings (SSSR count). The van der Waals surface area contributed by atoms with Crippen molar-refractivity contribution in [2.45, 2.75) is 45.2 Å². The SMILES string of the molecule is CCC1CCCCN1c1nc2ccccn2c(=O)c1/C=C1/SC(=S)N(Cc2ccccc2Cl)C1=O. The number of hydrogen-bond acceptors (Lipinski definition) is 6. The first kappa shape index (κ1) is 24.0. The van der Waals surface area contributed by atoms with Gasteiger partial charge in [-0.3, -0.25) is 18.9 Å². The molecule has 2 aliphatic heterocycles. The summed E-state index contributed by atoms with van der Waals surface area (Å²) >= 11 is 13.1. The van der Waals surface area contributed by atoms with E-state index in [0.717, 1.165) is 37.8 Å². The third kappa shape index (κ3) is 4.62. The number of piperidine rings is 1. The highest BCUT2D eigenvalue weighted by atomic mass is 35.5. The number of rotatable bonds is 5. The average molecular weight is 525 g/mol. The number of carbonyl (C=O) groups excluding carboxylic acids is 1. The summed E-state index contributed by atoms with van der Waals surface area (Å²) in [5.41, 5.74) is 1.64. The number of fused-ring (bicyclic) bond motifs is 1. The quantitative estimate of drug-likeness (QED) is 0.323. The van der Waals surface area contributed by atoms with E-state index >= 15 is 0 Å². The lowest BCUT2D eigenvalue weighted by atomic mass is 9.99. The molecule has 2 saturated heterocycles. The molecule has 0 aliphatic carbocycles. The minimum atomic E-state index is -0.228. The molecule has 2 fully saturated rings. The maximum atomic E-state index is 13.6. The lowest BCUT2D eigenvalue weighted by molar-refractivity contribution is -0.122. The molecule has 0 saturated carbocycles. The van der Waals surface area contributed by atoms with Gasteiger partial charge in [0.2, 0.25) is 0 Å². The summed E-state index contributed by atoms with van der Waals surface area (Å²) in [5.74, 6) is 0.415. The molecular weight excluding hydrogens is 500 g/mol. The predicted molar refractivity (Wildman–Crippen MR) is 147 cm³/mol. The van der Waals surface area contributed by atoms with Crippen molar-refractivity contribution in [3.63, 3.8) is 0 Å². The van der Waals surface area contributed by atoms with Crippen molar-refractivity contribution in [3.05, 3.63) is 80.1 Å². The third-order valence-corrected chi connectivity index (χ3v) is 8.30. The van der Waals surface area contributed by atoms with Crippen molar-refractivity contribution in [3.8, 4) is 0 Å². The van der Waals surface area contributed by atoms with Crippen LogP contribution in [0.15, 0.2) is 58.4 Å². The molecule has 0 bridgehead atoms. The molecule has 9 heteroatoms. The number of aromatic nitrogens is 2. The van der Waals surface area contributed by atoms with E-state index in [2.05, 4.69) is 11.8 Å². The standard InChI is InChI=1S/C26H25ClN4O2S2/c1-2-18-10-5-7-13-29(18)23-19(24(32)30-14-8-6-12-22(30)28-23)15-21-25(33)31(26(34)35-21)16-17-9-3-4-11-20(17)27/h3-4,6,8-9,11-12,14-15,18H,2,5,7,10,13,16H2,1H3/b21-15+. The fourth-order valence-corrected chi connectivity index (χ4v) is 6.14. The van der Waals surface area contributed by atoms with Crippen LogP contribution in [0.2, 0.25) is 5.02 Å². The lowest BCUT2D eigenvalue weighted by Crippen LogP contribution is -2.41. The number of carbonyl (C=O) groups is 1. The predicted octanol–water partition coefficient (Wildman–Crippen LogP) is 5.52. The van der Waals surface area contributed by atoms with E-state index in [1.807, 2.05) is 30.3 Å². The molecule has 1 aromatic carbocycles. The van der Waals surface area contributed by atoms with Crippen LogP contribution in [-0.4, -0.2) is 37.1 Å². The van der Waals surface area contributed by atoms with Crippen LogP contribution in [0.25, 0.3) is 11.7 Å². The topological polar surface area (TPSA) is 57.9 Å². The van der Waals surface area contributed by atoms with E-state index in [1.54, 1.807) is 24.4 Å². The molecule has 4 heterocycles. The van der Waals surface area contributed by atoms with Crippen LogP contribution >= 0.6 is 35.6 Å². The minimum absolute atomic E-state index is 0.192. The molecule has 6 nitrogen and oxygen atoms in total. The summed E-state index contributed by atoms with van der Waals surface area (Å²) in [6.45, 7) is 3.28. The Hall–Kier alpha value is -2.68. The Morgan fingerprint density at radius 2 is 1.97 bits per heavy atom. The smallest absolute Gasteiger partial charge is 0.267 e. The van der Waals surface area contributed by atoms with Gasteiger partial charge in [0.15, 0.2) is 0 Å². The summed E-state index contributed by atoms with van der Waals surface area (Å²) < 4.78 is 1.98. The Morgan fingerprint density at radius 1 is 1.17 bits per heavy atom. The zero-order chi connectivity index (χ0) is 24.5. The van der Waals surface area contributed by atoms with Crippen LogP contribution in [0.3, 0.4) is 0 Å². The summed E-state index contributed by atoms with van der Waals surface area (Å²) in [7, 11) is 0. The summed E-state index contributed by atoms with van der Waals surface area (Å²) in [5, 5.41) is 0.584. The molecule has 0 N–H and O–H groups in total. The van der Waals surface area contributed by atoms with Gasteiger partial charge in [-0.05, 0) is 55.5 Å². The first-order valence-electron chi connectivity index (χ1n) is 11.7. The van der Waals surface area contributed by atoms with Gasteiger partial charge in [0.25, 0.3) is 11.5 Å². The van der Waals surface area contributed by atoms with Crippen LogP contribution in [0.5, 0.6) is 0 Å². The molecule has 0 spiro atoms. The fraction of sp³-hybridized carbons (Fsp3) is 0.308. The van der Waals surface area contributed by atoms with Crippen molar-refractivity contribution < 1.29 is 4.79 Å². The molecule has 1 amide bonds. The second kappa shape index (κ2) is 10.1. The van der Waals surface area contributed by atoms with Crippen molar-refractivity contribution >= 4 is 63.3 Å². The summed E-state index contributed by atoms with van der Waals surface area (Å²) in [6.07, 6.45) is 7.63. The van der Waals surface area contributed by atoms with Gasteiger partial charge in [0.1, 0.15) is 15.8 Å². The van der Waals surface area contributed by atoms with Gasteiger partial charge in [0.05, 0.1) is 17.0 Å². The molecule has 1 unspecified atom stereocenters. The van der Waals surface area contributed by atoms with Gasteiger partial charge in [-0.1, -0.05) is 66.8 Å². The number of pyridine rings is 1. The van der Waals surface area contributed by atoms with Gasteiger partial charge >= 0.3 is 0 Å². The monoisotopic (exact) mass is 524 g/mol. The van der Waals surface area contributed by atoms with Crippen LogP contribution in [0.1, 0.15) is 43.7 Å². The average Bonchev–Trinajstić information content (AvgIpc) is 3.14. The molecular formula is C26H25ClN4O2S2. The number of amides is 1. The fourth-order valence-electron chi connectivity index (χ4n) is 4.70. The van der Waals surface area contributed by atoms with Crippen molar-refractivity contribution in [1.29, 1.82) is 0 Å². The van der Waals surface area contributed by atoms with Gasteiger partial charge in [-0.15, -0.1) is 0 Å². The maximum Gasteiger partial charge on any atom is 0.267 e. The summed E-state index contributed by atoms with van der Waals surface area (Å²) in [4.78, 5) is 36.1. The van der Waals surface area contributed by atoms with Crippen LogP contribution in [0, 0.1) is 0 Å². The second-order valence-corrected chi connectivity index (χ2v) is 10.8. The Kier molecular flexibility index (Phi) is 6.95. The van der Waals surface area contributed by atoms with Crippen molar-refractivity contribution in [2.75, 3.05) is 11.4 Å². The van der Waals surface area contributed by atoms with Gasteiger partial charge in [-0.25, -0.2) is 4.98 Å². The molecule has 180 valence electrons. The normalized spacial score (nSPS) is 19.8. The minimum Gasteiger partial charge on any atom is -0.353 e. The van der Waals surface area contributed by atoms with E-state index < -0.39 is 0 Å². The van der Waals surface area contributed by atoms with E-state index in [4.69, 9.17) is 28.8 Å². The van der Waals surface area contributed by atoms with Crippen molar-refractivity contribution in [2.24, 2.45) is 0 Å². The zero-order valence-corrected chi connectivity index (χ0v) is 21.7. The molecule has 0 radical (unpaired) electrons. The van der Waals surface area contributed by atoms with E-state index in [-0.39, 0.29) is 18.0 Å².